The Morgan fingerprint density at radius 3 is 2.36 bits per heavy atom. The maximum Gasteiger partial charge on any atom is 0.327 e. The van der Waals surface area contributed by atoms with E-state index < -0.39 is 5.54 Å². The summed E-state index contributed by atoms with van der Waals surface area (Å²) in [6, 6.07) is 3.58. The lowest BCUT2D eigenvalue weighted by atomic mass is 9.86. The fourth-order valence-corrected chi connectivity index (χ4v) is 3.67. The Kier molecular flexibility index (Phi) is 4.69. The van der Waals surface area contributed by atoms with Gasteiger partial charge in [-0.2, -0.15) is 0 Å². The molecule has 0 unspecified atom stereocenters. The molecule has 0 aromatic carbocycles. The van der Waals surface area contributed by atoms with Crippen molar-refractivity contribution in [3.63, 3.8) is 0 Å². The summed E-state index contributed by atoms with van der Waals surface area (Å²) in [5.74, 6) is -0.160. The number of aryl methyl sites for hydroxylation is 1. The zero-order valence-corrected chi connectivity index (χ0v) is 14.8. The largest absolute Gasteiger partial charge is 0.354 e. The van der Waals surface area contributed by atoms with Crippen molar-refractivity contribution in [2.45, 2.75) is 31.3 Å². The van der Waals surface area contributed by atoms with Crippen molar-refractivity contribution in [1.82, 2.24) is 24.6 Å². The number of nitrogens with zero attached hydrogens (tertiary/aromatic N) is 4. The number of hydrogen-bond acceptors (Lipinski definition) is 3. The highest BCUT2D eigenvalue weighted by atomic mass is 16.2. The second-order valence-electron chi connectivity index (χ2n) is 6.73. The van der Waals surface area contributed by atoms with Crippen molar-refractivity contribution in [2.75, 3.05) is 33.7 Å². The van der Waals surface area contributed by atoms with Gasteiger partial charge < -0.3 is 19.7 Å². The van der Waals surface area contributed by atoms with Crippen LogP contribution in [-0.2, 0) is 11.3 Å². The highest BCUT2D eigenvalue weighted by Crippen LogP contribution is 2.35. The smallest absolute Gasteiger partial charge is 0.327 e. The first kappa shape index (κ1) is 17.3. The fourth-order valence-electron chi connectivity index (χ4n) is 3.67. The molecule has 2 aliphatic rings. The van der Waals surface area contributed by atoms with Crippen LogP contribution in [0, 0.1) is 0 Å². The molecule has 1 aromatic heterocycles. The Hall–Kier alpha value is -2.51. The number of aromatic nitrogens is 1. The SMILES string of the molecule is CN1C(=O)N(C)C2(CCN(C(=O)NCCCn3cccc3)CC2)C1=O. The lowest BCUT2D eigenvalue weighted by Gasteiger charge is -2.40. The third-order valence-electron chi connectivity index (χ3n) is 5.33. The second kappa shape index (κ2) is 6.78. The number of amides is 5. The molecule has 1 aromatic rings. The molecule has 2 saturated heterocycles. The van der Waals surface area contributed by atoms with Crippen LogP contribution in [0.15, 0.2) is 24.5 Å². The summed E-state index contributed by atoms with van der Waals surface area (Å²) in [7, 11) is 3.18. The van der Waals surface area contributed by atoms with Gasteiger partial charge in [-0.25, -0.2) is 9.59 Å². The van der Waals surface area contributed by atoms with Gasteiger partial charge in [0, 0.05) is 52.7 Å². The molecule has 1 spiro atoms. The van der Waals surface area contributed by atoms with Crippen molar-refractivity contribution in [3.8, 4) is 0 Å². The van der Waals surface area contributed by atoms with E-state index in [0.29, 0.717) is 32.5 Å². The summed E-state index contributed by atoms with van der Waals surface area (Å²) in [5, 5.41) is 2.93. The van der Waals surface area contributed by atoms with Crippen LogP contribution in [-0.4, -0.2) is 76.5 Å². The van der Waals surface area contributed by atoms with Crippen molar-refractivity contribution in [2.24, 2.45) is 0 Å². The van der Waals surface area contributed by atoms with Gasteiger partial charge in [-0.05, 0) is 31.4 Å². The number of piperidine rings is 1. The quantitative estimate of drug-likeness (QED) is 0.651. The number of likely N-dealkylation sites (tertiary alicyclic amines) is 1. The molecule has 2 aliphatic heterocycles. The maximum absolute atomic E-state index is 12.4. The lowest BCUT2D eigenvalue weighted by molar-refractivity contribution is -0.134. The van der Waals surface area contributed by atoms with Crippen LogP contribution in [0.4, 0.5) is 9.59 Å². The molecule has 0 atom stereocenters. The Morgan fingerprint density at radius 1 is 1.16 bits per heavy atom. The van der Waals surface area contributed by atoms with Crippen LogP contribution in [0.3, 0.4) is 0 Å². The van der Waals surface area contributed by atoms with Crippen LogP contribution >= 0.6 is 0 Å². The van der Waals surface area contributed by atoms with Gasteiger partial charge in [0.25, 0.3) is 5.91 Å². The molecule has 0 bridgehead atoms. The van der Waals surface area contributed by atoms with E-state index in [1.165, 1.54) is 16.8 Å². The second-order valence-corrected chi connectivity index (χ2v) is 6.73. The summed E-state index contributed by atoms with van der Waals surface area (Å²) >= 11 is 0. The average molecular weight is 347 g/mol. The first-order valence-corrected chi connectivity index (χ1v) is 8.65. The monoisotopic (exact) mass is 347 g/mol. The van der Waals surface area contributed by atoms with Gasteiger partial charge in [-0.3, -0.25) is 9.69 Å². The molecule has 0 saturated carbocycles. The highest BCUT2D eigenvalue weighted by Gasteiger charge is 2.55. The van der Waals surface area contributed by atoms with E-state index in [9.17, 15) is 14.4 Å². The van der Waals surface area contributed by atoms with Crippen LogP contribution in [0.5, 0.6) is 0 Å². The molecule has 5 amide bonds. The van der Waals surface area contributed by atoms with E-state index in [0.717, 1.165) is 13.0 Å². The van der Waals surface area contributed by atoms with Gasteiger partial charge in [0.1, 0.15) is 5.54 Å². The molecule has 8 nitrogen and oxygen atoms in total. The van der Waals surface area contributed by atoms with Gasteiger partial charge in [0.15, 0.2) is 0 Å². The van der Waals surface area contributed by atoms with Gasteiger partial charge in [-0.15, -0.1) is 0 Å². The molecule has 25 heavy (non-hydrogen) atoms. The van der Waals surface area contributed by atoms with Crippen molar-refractivity contribution < 1.29 is 14.4 Å². The molecule has 3 rings (SSSR count). The highest BCUT2D eigenvalue weighted by molar-refractivity contribution is 6.06. The van der Waals surface area contributed by atoms with Gasteiger partial charge >= 0.3 is 12.1 Å². The number of imide groups is 1. The first-order valence-electron chi connectivity index (χ1n) is 8.65. The van der Waals surface area contributed by atoms with Crippen LogP contribution in [0.2, 0.25) is 0 Å². The van der Waals surface area contributed by atoms with Crippen molar-refractivity contribution >= 4 is 18.0 Å². The number of carbonyl (C=O) groups excluding carboxylic acids is 3. The molecular weight excluding hydrogens is 322 g/mol. The summed E-state index contributed by atoms with van der Waals surface area (Å²) in [6.45, 7) is 2.42. The zero-order valence-electron chi connectivity index (χ0n) is 14.8. The minimum absolute atomic E-state index is 0.102. The minimum atomic E-state index is -0.781. The molecule has 8 heteroatoms. The molecule has 2 fully saturated rings. The standard InChI is InChI=1S/C17H25N5O3/c1-19-14(23)17(20(2)16(19)25)6-12-22(13-7-17)15(24)18-8-5-11-21-9-3-4-10-21/h3-4,9-10H,5-8,11-13H2,1-2H3,(H,18,24). The molecule has 1 N–H and O–H groups in total. The minimum Gasteiger partial charge on any atom is -0.354 e. The number of hydrogen-bond donors (Lipinski definition) is 1. The Bertz CT molecular complexity index is 649. The number of nitrogens with one attached hydrogen (secondary N) is 1. The van der Waals surface area contributed by atoms with Crippen LogP contribution < -0.4 is 5.32 Å². The van der Waals surface area contributed by atoms with Gasteiger partial charge in [0.2, 0.25) is 0 Å². The summed E-state index contributed by atoms with van der Waals surface area (Å²) in [4.78, 5) is 41.2. The summed E-state index contributed by atoms with van der Waals surface area (Å²) < 4.78 is 2.08. The van der Waals surface area contributed by atoms with Crippen LogP contribution in [0.25, 0.3) is 0 Å². The van der Waals surface area contributed by atoms with E-state index >= 15 is 0 Å². The van der Waals surface area contributed by atoms with Crippen molar-refractivity contribution in [3.05, 3.63) is 24.5 Å². The lowest BCUT2D eigenvalue weighted by Crippen LogP contribution is -2.57. The van der Waals surface area contributed by atoms with E-state index in [1.54, 1.807) is 11.9 Å². The first-order chi connectivity index (χ1) is 12.0. The predicted molar refractivity (Wildman–Crippen MR) is 91.9 cm³/mol. The molecule has 136 valence electrons. The Balaban J connectivity index is 1.46. The topological polar surface area (TPSA) is 77.9 Å². The van der Waals surface area contributed by atoms with E-state index in [2.05, 4.69) is 9.88 Å². The third-order valence-corrected chi connectivity index (χ3v) is 5.33. The van der Waals surface area contributed by atoms with Crippen LogP contribution in [0.1, 0.15) is 19.3 Å². The predicted octanol–water partition coefficient (Wildman–Crippen LogP) is 0.946. The van der Waals surface area contributed by atoms with Gasteiger partial charge in [0.05, 0.1) is 0 Å². The Labute approximate surface area is 147 Å². The van der Waals surface area contributed by atoms with E-state index in [-0.39, 0.29) is 18.0 Å². The third kappa shape index (κ3) is 3.08. The molecular formula is C17H25N5O3. The normalized spacial score (nSPS) is 19.8. The number of carbonyl (C=O) groups is 3. The maximum atomic E-state index is 12.4. The summed E-state index contributed by atoms with van der Waals surface area (Å²) in [6.07, 6.45) is 5.82. The number of urea groups is 2. The molecule has 3 heterocycles. The zero-order chi connectivity index (χ0) is 18.0. The van der Waals surface area contributed by atoms with Gasteiger partial charge in [-0.1, -0.05) is 0 Å². The molecule has 0 aliphatic carbocycles. The fraction of sp³-hybridized carbons (Fsp3) is 0.588. The number of likely N-dealkylation sites (N-methyl/N-ethyl adjacent to an activating group) is 2. The number of rotatable bonds is 4. The van der Waals surface area contributed by atoms with Crippen molar-refractivity contribution in [1.29, 1.82) is 0 Å². The Morgan fingerprint density at radius 2 is 1.80 bits per heavy atom. The average Bonchev–Trinajstić information content (AvgIpc) is 3.20. The molecule has 0 radical (unpaired) electrons. The summed E-state index contributed by atoms with van der Waals surface area (Å²) in [5.41, 5.74) is -0.781. The van der Waals surface area contributed by atoms with E-state index in [4.69, 9.17) is 0 Å². The van der Waals surface area contributed by atoms with E-state index in [1.807, 2.05) is 24.5 Å².